The highest BCUT2D eigenvalue weighted by Gasteiger charge is 2.24. The summed E-state index contributed by atoms with van der Waals surface area (Å²) in [5.41, 5.74) is 6.74. The molecular formula is C21H24FN3O3. The van der Waals surface area contributed by atoms with Gasteiger partial charge in [0.2, 0.25) is 0 Å². The molecular weight excluding hydrogens is 361 g/mol. The van der Waals surface area contributed by atoms with E-state index in [1.807, 2.05) is 0 Å². The highest BCUT2D eigenvalue weighted by molar-refractivity contribution is 5.90. The Hall–Kier alpha value is -2.83. The van der Waals surface area contributed by atoms with Crippen LogP contribution in [0.15, 0.2) is 24.4 Å². The molecule has 0 aliphatic heterocycles. The lowest BCUT2D eigenvalue weighted by atomic mass is 9.86. The number of nitrogen functional groups attached to an aromatic ring is 1. The zero-order valence-electron chi connectivity index (χ0n) is 16.3. The molecule has 2 aromatic rings. The van der Waals surface area contributed by atoms with Crippen molar-refractivity contribution in [2.24, 2.45) is 0 Å². The maximum absolute atomic E-state index is 14.5. The third-order valence-electron chi connectivity index (χ3n) is 4.64. The molecule has 1 aromatic heterocycles. The zero-order valence-corrected chi connectivity index (χ0v) is 16.3. The van der Waals surface area contributed by atoms with Gasteiger partial charge in [0.05, 0.1) is 11.3 Å². The van der Waals surface area contributed by atoms with Crippen LogP contribution in [-0.4, -0.2) is 27.3 Å². The number of hydrogen-bond acceptors (Lipinski definition) is 6. The smallest absolute Gasteiger partial charge is 0.341 e. The molecule has 0 unspecified atom stereocenters. The number of aromatic nitrogens is 2. The molecule has 7 heteroatoms. The van der Waals surface area contributed by atoms with Crippen LogP contribution in [0.2, 0.25) is 0 Å². The first-order valence-corrected chi connectivity index (χ1v) is 9.31. The highest BCUT2D eigenvalue weighted by atomic mass is 19.1. The van der Waals surface area contributed by atoms with Crippen molar-refractivity contribution < 1.29 is 18.7 Å². The topological polar surface area (TPSA) is 95.2 Å². The molecule has 1 saturated carbocycles. The molecule has 0 amide bonds. The summed E-state index contributed by atoms with van der Waals surface area (Å²) in [6.45, 7) is 5.16. The summed E-state index contributed by atoms with van der Waals surface area (Å²) in [7, 11) is 0. The zero-order chi connectivity index (χ0) is 20.5. The second-order valence-electron chi connectivity index (χ2n) is 8.04. The van der Waals surface area contributed by atoms with E-state index in [0.717, 1.165) is 18.5 Å². The van der Waals surface area contributed by atoms with E-state index in [0.29, 0.717) is 24.1 Å². The lowest BCUT2D eigenvalue weighted by Crippen LogP contribution is -2.24. The fraction of sp³-hybridized carbons (Fsp3) is 0.429. The number of carbonyl (C=O) groups is 2. The van der Waals surface area contributed by atoms with Crippen LogP contribution in [0.5, 0.6) is 0 Å². The molecule has 6 nitrogen and oxygen atoms in total. The fourth-order valence-electron chi connectivity index (χ4n) is 3.23. The maximum atomic E-state index is 14.5. The summed E-state index contributed by atoms with van der Waals surface area (Å²) in [6, 6.07) is 4.14. The van der Waals surface area contributed by atoms with Gasteiger partial charge in [-0.25, -0.2) is 14.2 Å². The van der Waals surface area contributed by atoms with E-state index in [1.165, 1.54) is 12.1 Å². The van der Waals surface area contributed by atoms with E-state index in [-0.39, 0.29) is 23.1 Å². The molecule has 0 spiro atoms. The SMILES string of the molecule is CC(C)(C)OC(=O)c1ccc(-c2ncc(C3CCC(=O)CC3)nc2N)cc1F. The molecule has 0 atom stereocenters. The van der Waals surface area contributed by atoms with Crippen molar-refractivity contribution in [2.45, 2.75) is 58.0 Å². The minimum atomic E-state index is -0.724. The van der Waals surface area contributed by atoms with Gasteiger partial charge >= 0.3 is 5.97 Å². The van der Waals surface area contributed by atoms with Gasteiger partial charge in [-0.2, -0.15) is 0 Å². The third kappa shape index (κ3) is 4.52. The van der Waals surface area contributed by atoms with Crippen molar-refractivity contribution in [1.29, 1.82) is 0 Å². The minimum Gasteiger partial charge on any atom is -0.456 e. The number of ether oxygens (including phenoxy) is 1. The van der Waals surface area contributed by atoms with Gasteiger partial charge in [-0.1, -0.05) is 6.07 Å². The van der Waals surface area contributed by atoms with E-state index in [2.05, 4.69) is 9.97 Å². The van der Waals surface area contributed by atoms with Crippen molar-refractivity contribution in [3.63, 3.8) is 0 Å². The van der Waals surface area contributed by atoms with Gasteiger partial charge in [0.1, 0.15) is 28.7 Å². The van der Waals surface area contributed by atoms with Gasteiger partial charge in [0.25, 0.3) is 0 Å². The number of rotatable bonds is 3. The number of carbonyl (C=O) groups excluding carboxylic acids is 2. The van der Waals surface area contributed by atoms with E-state index >= 15 is 0 Å². The number of nitrogens with two attached hydrogens (primary N) is 1. The van der Waals surface area contributed by atoms with Crippen LogP contribution in [0.1, 0.15) is 68.4 Å². The fourth-order valence-corrected chi connectivity index (χ4v) is 3.23. The predicted octanol–water partition coefficient (Wildman–Crippen LogP) is 4.05. The van der Waals surface area contributed by atoms with Crippen LogP contribution in [0, 0.1) is 5.82 Å². The summed E-state index contributed by atoms with van der Waals surface area (Å²) >= 11 is 0. The van der Waals surface area contributed by atoms with Crippen molar-refractivity contribution in [2.75, 3.05) is 5.73 Å². The van der Waals surface area contributed by atoms with Crippen molar-refractivity contribution in [3.05, 3.63) is 41.5 Å². The first-order valence-electron chi connectivity index (χ1n) is 9.31. The van der Waals surface area contributed by atoms with Crippen LogP contribution in [-0.2, 0) is 9.53 Å². The second kappa shape index (κ2) is 7.66. The number of benzene rings is 1. The number of hydrogen-bond donors (Lipinski definition) is 1. The first-order chi connectivity index (χ1) is 13.1. The largest absolute Gasteiger partial charge is 0.456 e. The number of esters is 1. The Bertz CT molecular complexity index is 912. The molecule has 3 rings (SSSR count). The molecule has 1 heterocycles. The van der Waals surface area contributed by atoms with Crippen molar-refractivity contribution in [3.8, 4) is 11.3 Å². The maximum Gasteiger partial charge on any atom is 0.341 e. The molecule has 28 heavy (non-hydrogen) atoms. The number of halogens is 1. The summed E-state index contributed by atoms with van der Waals surface area (Å²) in [6.07, 6.45) is 4.21. The van der Waals surface area contributed by atoms with E-state index < -0.39 is 17.4 Å². The highest BCUT2D eigenvalue weighted by Crippen LogP contribution is 2.32. The summed E-state index contributed by atoms with van der Waals surface area (Å²) in [4.78, 5) is 32.3. The van der Waals surface area contributed by atoms with Gasteiger partial charge in [0.15, 0.2) is 0 Å². The Balaban J connectivity index is 1.83. The molecule has 0 saturated heterocycles. The van der Waals surface area contributed by atoms with Crippen molar-refractivity contribution >= 4 is 17.6 Å². The molecule has 1 aliphatic rings. The van der Waals surface area contributed by atoms with Crippen molar-refractivity contribution in [1.82, 2.24) is 9.97 Å². The Labute approximate surface area is 163 Å². The summed E-state index contributed by atoms with van der Waals surface area (Å²) in [5.74, 6) is -0.804. The molecule has 0 bridgehead atoms. The summed E-state index contributed by atoms with van der Waals surface area (Å²) < 4.78 is 19.7. The van der Waals surface area contributed by atoms with Gasteiger partial charge in [-0.05, 0) is 45.7 Å². The van der Waals surface area contributed by atoms with Crippen LogP contribution in [0.3, 0.4) is 0 Å². The Kier molecular flexibility index (Phi) is 5.45. The monoisotopic (exact) mass is 385 g/mol. The van der Waals surface area contributed by atoms with Crippen LogP contribution < -0.4 is 5.73 Å². The Morgan fingerprint density at radius 3 is 2.50 bits per heavy atom. The molecule has 1 fully saturated rings. The number of ketones is 1. The summed E-state index contributed by atoms with van der Waals surface area (Å²) in [5, 5.41) is 0. The van der Waals surface area contributed by atoms with E-state index in [4.69, 9.17) is 10.5 Å². The van der Waals surface area contributed by atoms with Crippen LogP contribution in [0.4, 0.5) is 10.2 Å². The number of nitrogens with zero attached hydrogens (tertiary/aromatic N) is 2. The lowest BCUT2D eigenvalue weighted by Gasteiger charge is -2.21. The lowest BCUT2D eigenvalue weighted by molar-refractivity contribution is -0.120. The molecule has 1 aliphatic carbocycles. The average molecular weight is 385 g/mol. The van der Waals surface area contributed by atoms with Gasteiger partial charge in [-0.3, -0.25) is 9.78 Å². The molecule has 1 aromatic carbocycles. The van der Waals surface area contributed by atoms with E-state index in [9.17, 15) is 14.0 Å². The molecule has 0 radical (unpaired) electrons. The second-order valence-corrected chi connectivity index (χ2v) is 8.04. The first kappa shape index (κ1) is 19.9. The normalized spacial score (nSPS) is 15.5. The Morgan fingerprint density at radius 2 is 1.93 bits per heavy atom. The molecule has 2 N–H and O–H groups in total. The quantitative estimate of drug-likeness (QED) is 0.801. The van der Waals surface area contributed by atoms with Gasteiger partial charge in [0, 0.05) is 30.5 Å². The van der Waals surface area contributed by atoms with Crippen LogP contribution >= 0.6 is 0 Å². The molecule has 148 valence electrons. The third-order valence-corrected chi connectivity index (χ3v) is 4.64. The number of Topliss-reactive ketones (excluding diaryl/α,β-unsaturated/α-hetero) is 1. The average Bonchev–Trinajstić information content (AvgIpc) is 2.60. The predicted molar refractivity (Wildman–Crippen MR) is 103 cm³/mol. The minimum absolute atomic E-state index is 0.145. The van der Waals surface area contributed by atoms with E-state index in [1.54, 1.807) is 33.0 Å². The van der Waals surface area contributed by atoms with Crippen LogP contribution in [0.25, 0.3) is 11.3 Å². The Morgan fingerprint density at radius 1 is 1.25 bits per heavy atom. The van der Waals surface area contributed by atoms with Gasteiger partial charge < -0.3 is 10.5 Å². The number of anilines is 1. The van der Waals surface area contributed by atoms with Gasteiger partial charge in [-0.15, -0.1) is 0 Å². The standard InChI is InChI=1S/C21H24FN3O3/c1-21(2,3)28-20(27)15-9-6-13(10-16(15)22)18-19(23)25-17(11-24-18)12-4-7-14(26)8-5-12/h6,9-12H,4-5,7-8H2,1-3H3,(H2,23,25).